The Labute approximate surface area is 146 Å². The second kappa shape index (κ2) is 6.36. The van der Waals surface area contributed by atoms with Crippen LogP contribution in [0.4, 0.5) is 0 Å². The van der Waals surface area contributed by atoms with E-state index in [1.807, 2.05) is 36.4 Å². The summed E-state index contributed by atoms with van der Waals surface area (Å²) in [5.41, 5.74) is 4.01. The molecule has 0 aliphatic carbocycles. The van der Waals surface area contributed by atoms with Crippen LogP contribution in [0.2, 0.25) is 0 Å². The number of nitrogens with zero attached hydrogens (tertiary/aromatic N) is 2. The molecule has 0 aliphatic rings. The van der Waals surface area contributed by atoms with Crippen LogP contribution in [-0.2, 0) is 6.54 Å². The minimum absolute atomic E-state index is 0.0923. The average Bonchev–Trinajstić information content (AvgIpc) is 2.64. The second-order valence-electron chi connectivity index (χ2n) is 6.17. The fraction of sp³-hybridized carbons (Fsp3) is 0.0909. The van der Waals surface area contributed by atoms with E-state index in [4.69, 9.17) is 0 Å². The van der Waals surface area contributed by atoms with Gasteiger partial charge in [-0.15, -0.1) is 0 Å². The molecule has 4 aromatic rings. The molecule has 0 radical (unpaired) electrons. The van der Waals surface area contributed by atoms with E-state index in [-0.39, 0.29) is 5.56 Å². The molecule has 0 bridgehead atoms. The van der Waals surface area contributed by atoms with Crippen molar-refractivity contribution in [3.8, 4) is 11.3 Å². The summed E-state index contributed by atoms with van der Waals surface area (Å²) in [6.07, 6.45) is 0. The molecule has 0 aliphatic heterocycles. The molecule has 0 spiro atoms. The Morgan fingerprint density at radius 3 is 2.48 bits per heavy atom. The summed E-state index contributed by atoms with van der Waals surface area (Å²) in [4.78, 5) is 12.3. The molecule has 4 rings (SSSR count). The number of hydrogen-bond acceptors (Lipinski definition) is 2. The van der Waals surface area contributed by atoms with Gasteiger partial charge in [-0.1, -0.05) is 66.7 Å². The van der Waals surface area contributed by atoms with E-state index in [0.29, 0.717) is 6.54 Å². The van der Waals surface area contributed by atoms with Gasteiger partial charge in [-0.3, -0.25) is 4.79 Å². The van der Waals surface area contributed by atoms with Crippen molar-refractivity contribution in [3.63, 3.8) is 0 Å². The van der Waals surface area contributed by atoms with Crippen molar-refractivity contribution in [3.05, 3.63) is 100 Å². The maximum absolute atomic E-state index is 12.3. The standard InChI is InChI=1S/C22H18N2O/c1-16-7-2-4-11-19(16)21-13-14-22(25)24(23-21)15-18-10-6-9-17-8-3-5-12-20(17)18/h2-14H,15H2,1H3. The minimum Gasteiger partial charge on any atom is -0.268 e. The summed E-state index contributed by atoms with van der Waals surface area (Å²) in [6, 6.07) is 25.8. The van der Waals surface area contributed by atoms with E-state index < -0.39 is 0 Å². The molecule has 0 N–H and O–H groups in total. The Balaban J connectivity index is 1.79. The van der Waals surface area contributed by atoms with Crippen molar-refractivity contribution in [2.45, 2.75) is 13.5 Å². The normalized spacial score (nSPS) is 10.9. The molecule has 0 unspecified atom stereocenters. The molecule has 0 atom stereocenters. The highest BCUT2D eigenvalue weighted by Crippen LogP contribution is 2.21. The number of rotatable bonds is 3. The highest BCUT2D eigenvalue weighted by Gasteiger charge is 2.08. The molecule has 1 heterocycles. The van der Waals surface area contributed by atoms with Crippen molar-refractivity contribution in [1.29, 1.82) is 0 Å². The lowest BCUT2D eigenvalue weighted by Crippen LogP contribution is -2.23. The Morgan fingerprint density at radius 1 is 0.840 bits per heavy atom. The van der Waals surface area contributed by atoms with E-state index in [1.54, 1.807) is 16.8 Å². The lowest BCUT2D eigenvalue weighted by atomic mass is 10.0. The van der Waals surface area contributed by atoms with Gasteiger partial charge in [0.1, 0.15) is 0 Å². The quantitative estimate of drug-likeness (QED) is 0.558. The maximum atomic E-state index is 12.3. The lowest BCUT2D eigenvalue weighted by Gasteiger charge is -2.11. The first-order valence-corrected chi connectivity index (χ1v) is 8.33. The van der Waals surface area contributed by atoms with Crippen molar-refractivity contribution in [2.75, 3.05) is 0 Å². The number of aromatic nitrogens is 2. The van der Waals surface area contributed by atoms with Crippen LogP contribution in [0, 0.1) is 6.92 Å². The Morgan fingerprint density at radius 2 is 1.60 bits per heavy atom. The van der Waals surface area contributed by atoms with Gasteiger partial charge in [0.15, 0.2) is 0 Å². The zero-order valence-electron chi connectivity index (χ0n) is 14.0. The molecule has 0 amide bonds. The molecule has 0 fully saturated rings. The number of hydrogen-bond donors (Lipinski definition) is 0. The minimum atomic E-state index is -0.0923. The van der Waals surface area contributed by atoms with Crippen molar-refractivity contribution < 1.29 is 0 Å². The van der Waals surface area contributed by atoms with E-state index in [0.717, 1.165) is 27.8 Å². The van der Waals surface area contributed by atoms with E-state index in [9.17, 15) is 4.79 Å². The van der Waals surface area contributed by atoms with Gasteiger partial charge < -0.3 is 0 Å². The summed E-state index contributed by atoms with van der Waals surface area (Å²) < 4.78 is 1.55. The third-order valence-electron chi connectivity index (χ3n) is 4.49. The van der Waals surface area contributed by atoms with Gasteiger partial charge in [-0.05, 0) is 34.9 Å². The van der Waals surface area contributed by atoms with Crippen molar-refractivity contribution in [2.24, 2.45) is 0 Å². The van der Waals surface area contributed by atoms with Gasteiger partial charge >= 0.3 is 0 Å². The van der Waals surface area contributed by atoms with E-state index in [1.165, 1.54) is 5.39 Å². The molecule has 3 heteroatoms. The van der Waals surface area contributed by atoms with Crippen molar-refractivity contribution in [1.82, 2.24) is 9.78 Å². The Kier molecular flexibility index (Phi) is 3.90. The molecular formula is C22H18N2O. The Bertz CT molecular complexity index is 1110. The predicted molar refractivity (Wildman–Crippen MR) is 102 cm³/mol. The first-order valence-electron chi connectivity index (χ1n) is 8.33. The third kappa shape index (κ3) is 2.96. The number of aryl methyl sites for hydroxylation is 1. The lowest BCUT2D eigenvalue weighted by molar-refractivity contribution is 0.645. The van der Waals surface area contributed by atoms with Crippen LogP contribution in [0.1, 0.15) is 11.1 Å². The topological polar surface area (TPSA) is 34.9 Å². The fourth-order valence-corrected chi connectivity index (χ4v) is 3.16. The SMILES string of the molecule is Cc1ccccc1-c1ccc(=O)n(Cc2cccc3ccccc23)n1. The molecule has 0 saturated carbocycles. The maximum Gasteiger partial charge on any atom is 0.267 e. The predicted octanol–water partition coefficient (Wildman–Crippen LogP) is 4.42. The van der Waals surface area contributed by atoms with Crippen LogP contribution in [0.15, 0.2) is 83.7 Å². The molecule has 3 aromatic carbocycles. The van der Waals surface area contributed by atoms with Gasteiger partial charge in [0.25, 0.3) is 5.56 Å². The monoisotopic (exact) mass is 326 g/mol. The zero-order valence-corrected chi connectivity index (χ0v) is 14.0. The zero-order chi connectivity index (χ0) is 17.2. The Hall–Kier alpha value is -3.20. The summed E-state index contributed by atoms with van der Waals surface area (Å²) in [7, 11) is 0. The highest BCUT2D eigenvalue weighted by molar-refractivity contribution is 5.85. The second-order valence-corrected chi connectivity index (χ2v) is 6.17. The van der Waals surface area contributed by atoms with Gasteiger partial charge in [-0.25, -0.2) is 4.68 Å². The van der Waals surface area contributed by atoms with Crippen LogP contribution in [0.25, 0.3) is 22.0 Å². The third-order valence-corrected chi connectivity index (χ3v) is 4.49. The number of fused-ring (bicyclic) bond motifs is 1. The van der Waals surface area contributed by atoms with Crippen LogP contribution in [-0.4, -0.2) is 9.78 Å². The molecule has 3 nitrogen and oxygen atoms in total. The van der Waals surface area contributed by atoms with Gasteiger partial charge in [-0.2, -0.15) is 5.10 Å². The molecule has 122 valence electrons. The van der Waals surface area contributed by atoms with Gasteiger partial charge in [0.2, 0.25) is 0 Å². The van der Waals surface area contributed by atoms with Gasteiger partial charge in [0.05, 0.1) is 12.2 Å². The number of benzene rings is 3. The fourth-order valence-electron chi connectivity index (χ4n) is 3.16. The smallest absolute Gasteiger partial charge is 0.267 e. The summed E-state index contributed by atoms with van der Waals surface area (Å²) in [6.45, 7) is 2.51. The summed E-state index contributed by atoms with van der Waals surface area (Å²) in [5, 5.41) is 6.93. The molecule has 1 aromatic heterocycles. The van der Waals surface area contributed by atoms with E-state index >= 15 is 0 Å². The first-order chi connectivity index (χ1) is 12.2. The van der Waals surface area contributed by atoms with Crippen molar-refractivity contribution >= 4 is 10.8 Å². The largest absolute Gasteiger partial charge is 0.268 e. The highest BCUT2D eigenvalue weighted by atomic mass is 16.1. The van der Waals surface area contributed by atoms with Crippen LogP contribution in [0.5, 0.6) is 0 Å². The van der Waals surface area contributed by atoms with Crippen LogP contribution in [0.3, 0.4) is 0 Å². The summed E-state index contributed by atoms with van der Waals surface area (Å²) >= 11 is 0. The molecule has 25 heavy (non-hydrogen) atoms. The first kappa shape index (κ1) is 15.3. The van der Waals surface area contributed by atoms with Crippen LogP contribution >= 0.6 is 0 Å². The summed E-state index contributed by atoms with van der Waals surface area (Å²) in [5.74, 6) is 0. The van der Waals surface area contributed by atoms with Gasteiger partial charge in [0, 0.05) is 11.6 Å². The molecule has 0 saturated heterocycles. The molecular weight excluding hydrogens is 308 g/mol. The van der Waals surface area contributed by atoms with Crippen LogP contribution < -0.4 is 5.56 Å². The average molecular weight is 326 g/mol. The van der Waals surface area contributed by atoms with E-state index in [2.05, 4.69) is 42.4 Å².